The first-order valence-electron chi connectivity index (χ1n) is 5.94. The molecule has 0 unspecified atom stereocenters. The van der Waals surface area contributed by atoms with Gasteiger partial charge in [-0.1, -0.05) is 6.08 Å². The van der Waals surface area contributed by atoms with Crippen molar-refractivity contribution < 1.29 is 14.7 Å². The standard InChI is InChI=1S/C12H20N2O3/c1-3-14(10-6-4-5-7-10)11(15)8-13(2)9-12(16)17/h6H,3-5,7-9H2,1-2H3,(H,16,17). The first-order chi connectivity index (χ1) is 8.04. The summed E-state index contributed by atoms with van der Waals surface area (Å²) in [6.45, 7) is 2.62. The third-order valence-electron chi connectivity index (χ3n) is 2.79. The van der Waals surface area contributed by atoms with Crippen molar-refractivity contribution in [3.8, 4) is 0 Å². The molecule has 0 atom stereocenters. The molecule has 0 heterocycles. The zero-order valence-corrected chi connectivity index (χ0v) is 10.5. The van der Waals surface area contributed by atoms with E-state index in [2.05, 4.69) is 6.08 Å². The lowest BCUT2D eigenvalue weighted by Gasteiger charge is -2.24. The number of hydrogen-bond acceptors (Lipinski definition) is 3. The lowest BCUT2D eigenvalue weighted by Crippen LogP contribution is -2.39. The fraction of sp³-hybridized carbons (Fsp3) is 0.667. The van der Waals surface area contributed by atoms with Gasteiger partial charge in [0.2, 0.25) is 5.91 Å². The number of amides is 1. The Morgan fingerprint density at radius 2 is 2.12 bits per heavy atom. The molecular formula is C12H20N2O3. The van der Waals surface area contributed by atoms with Crippen molar-refractivity contribution in [3.63, 3.8) is 0 Å². The summed E-state index contributed by atoms with van der Waals surface area (Å²) in [5.74, 6) is -0.937. The highest BCUT2D eigenvalue weighted by atomic mass is 16.4. The third-order valence-corrected chi connectivity index (χ3v) is 2.79. The first kappa shape index (κ1) is 13.7. The van der Waals surface area contributed by atoms with Crippen LogP contribution in [0.15, 0.2) is 11.8 Å². The van der Waals surface area contributed by atoms with Gasteiger partial charge in [-0.3, -0.25) is 14.5 Å². The van der Waals surface area contributed by atoms with Crippen LogP contribution in [0, 0.1) is 0 Å². The highest BCUT2D eigenvalue weighted by molar-refractivity contribution is 5.80. The molecule has 1 aliphatic rings. The molecule has 0 aliphatic heterocycles. The Kier molecular flexibility index (Phi) is 5.15. The van der Waals surface area contributed by atoms with Gasteiger partial charge >= 0.3 is 5.97 Å². The molecule has 17 heavy (non-hydrogen) atoms. The van der Waals surface area contributed by atoms with Gasteiger partial charge in [0.1, 0.15) is 0 Å². The molecule has 0 saturated carbocycles. The number of hydrogen-bond donors (Lipinski definition) is 1. The van der Waals surface area contributed by atoms with Crippen molar-refractivity contribution in [3.05, 3.63) is 11.8 Å². The Morgan fingerprint density at radius 3 is 2.59 bits per heavy atom. The molecule has 0 saturated heterocycles. The highest BCUT2D eigenvalue weighted by Gasteiger charge is 2.20. The normalized spacial score (nSPS) is 14.9. The second-order valence-electron chi connectivity index (χ2n) is 4.29. The summed E-state index contributed by atoms with van der Waals surface area (Å²) >= 11 is 0. The summed E-state index contributed by atoms with van der Waals surface area (Å²) in [5, 5.41) is 8.63. The maximum absolute atomic E-state index is 12.0. The quantitative estimate of drug-likeness (QED) is 0.750. The molecule has 0 fully saturated rings. The fourth-order valence-corrected chi connectivity index (χ4v) is 2.04. The molecule has 5 nitrogen and oxygen atoms in total. The number of carboxylic acid groups (broad SMARTS) is 1. The van der Waals surface area contributed by atoms with Crippen LogP contribution in [-0.2, 0) is 9.59 Å². The minimum Gasteiger partial charge on any atom is -0.480 e. The Bertz CT molecular complexity index is 326. The minimum atomic E-state index is -0.913. The number of carboxylic acids is 1. The largest absolute Gasteiger partial charge is 0.480 e. The summed E-state index contributed by atoms with van der Waals surface area (Å²) < 4.78 is 0. The maximum atomic E-state index is 12.0. The van der Waals surface area contributed by atoms with Crippen molar-refractivity contribution >= 4 is 11.9 Å². The number of rotatable bonds is 6. The second kappa shape index (κ2) is 6.39. The van der Waals surface area contributed by atoms with Crippen molar-refractivity contribution in [2.24, 2.45) is 0 Å². The molecule has 0 aromatic heterocycles. The number of nitrogens with zero attached hydrogens (tertiary/aromatic N) is 2. The van der Waals surface area contributed by atoms with Gasteiger partial charge < -0.3 is 10.0 Å². The van der Waals surface area contributed by atoms with Crippen LogP contribution in [0.3, 0.4) is 0 Å². The van der Waals surface area contributed by atoms with Crippen molar-refractivity contribution in [1.29, 1.82) is 0 Å². The Morgan fingerprint density at radius 1 is 1.41 bits per heavy atom. The van der Waals surface area contributed by atoms with E-state index in [0.717, 1.165) is 25.0 Å². The van der Waals surface area contributed by atoms with E-state index in [-0.39, 0.29) is 19.0 Å². The number of likely N-dealkylation sites (N-methyl/N-ethyl adjacent to an activating group) is 2. The van der Waals surface area contributed by atoms with E-state index in [1.807, 2.05) is 6.92 Å². The number of allylic oxidation sites excluding steroid dienone is 2. The zero-order chi connectivity index (χ0) is 12.8. The van der Waals surface area contributed by atoms with Gasteiger partial charge in [0.15, 0.2) is 0 Å². The van der Waals surface area contributed by atoms with Crippen molar-refractivity contribution in [2.45, 2.75) is 26.2 Å². The first-order valence-corrected chi connectivity index (χ1v) is 5.94. The van der Waals surface area contributed by atoms with Gasteiger partial charge in [-0.05, 0) is 33.2 Å². The molecular weight excluding hydrogens is 220 g/mol. The van der Waals surface area contributed by atoms with Crippen LogP contribution < -0.4 is 0 Å². The van der Waals surface area contributed by atoms with Gasteiger partial charge in [0.25, 0.3) is 0 Å². The average molecular weight is 240 g/mol. The summed E-state index contributed by atoms with van der Waals surface area (Å²) in [4.78, 5) is 25.8. The Balaban J connectivity index is 2.51. The predicted octanol–water partition coefficient (Wildman–Crippen LogP) is 0.919. The van der Waals surface area contributed by atoms with Gasteiger partial charge in [-0.25, -0.2) is 0 Å². The third kappa shape index (κ3) is 4.19. The highest BCUT2D eigenvalue weighted by Crippen LogP contribution is 2.21. The van der Waals surface area contributed by atoms with Gasteiger partial charge in [-0.2, -0.15) is 0 Å². The van der Waals surface area contributed by atoms with E-state index in [1.54, 1.807) is 11.9 Å². The molecule has 0 radical (unpaired) electrons. The van der Waals surface area contributed by atoms with E-state index < -0.39 is 5.97 Å². The van der Waals surface area contributed by atoms with Gasteiger partial charge in [-0.15, -0.1) is 0 Å². The van der Waals surface area contributed by atoms with E-state index in [1.165, 1.54) is 4.90 Å². The van der Waals surface area contributed by atoms with E-state index in [9.17, 15) is 9.59 Å². The number of carbonyl (C=O) groups is 2. The molecule has 5 heteroatoms. The van der Waals surface area contributed by atoms with Crippen LogP contribution >= 0.6 is 0 Å². The monoisotopic (exact) mass is 240 g/mol. The van der Waals surface area contributed by atoms with Crippen LogP contribution in [0.2, 0.25) is 0 Å². The second-order valence-corrected chi connectivity index (χ2v) is 4.29. The molecule has 1 rings (SSSR count). The Labute approximate surface area is 102 Å². The van der Waals surface area contributed by atoms with Gasteiger partial charge in [0, 0.05) is 12.2 Å². The SMILES string of the molecule is CCN(C(=O)CN(C)CC(=O)O)C1=CCCC1. The average Bonchev–Trinajstić information content (AvgIpc) is 2.70. The smallest absolute Gasteiger partial charge is 0.317 e. The lowest BCUT2D eigenvalue weighted by molar-refractivity contribution is -0.138. The van der Waals surface area contributed by atoms with Crippen LogP contribution in [0.1, 0.15) is 26.2 Å². The van der Waals surface area contributed by atoms with Gasteiger partial charge in [0.05, 0.1) is 13.1 Å². The topological polar surface area (TPSA) is 60.9 Å². The molecule has 1 N–H and O–H groups in total. The van der Waals surface area contributed by atoms with Crippen LogP contribution in [0.25, 0.3) is 0 Å². The van der Waals surface area contributed by atoms with Crippen LogP contribution in [0.5, 0.6) is 0 Å². The molecule has 0 bridgehead atoms. The number of carbonyl (C=O) groups excluding carboxylic acids is 1. The summed E-state index contributed by atoms with van der Waals surface area (Å²) in [6, 6.07) is 0. The fourth-order valence-electron chi connectivity index (χ4n) is 2.04. The van der Waals surface area contributed by atoms with E-state index in [4.69, 9.17) is 5.11 Å². The molecule has 96 valence electrons. The van der Waals surface area contributed by atoms with Crippen molar-refractivity contribution in [1.82, 2.24) is 9.80 Å². The Hall–Kier alpha value is -1.36. The summed E-state index contributed by atoms with van der Waals surface area (Å²) in [7, 11) is 1.64. The number of aliphatic carboxylic acids is 1. The maximum Gasteiger partial charge on any atom is 0.317 e. The van der Waals surface area contributed by atoms with E-state index in [0.29, 0.717) is 6.54 Å². The van der Waals surface area contributed by atoms with E-state index >= 15 is 0 Å². The van der Waals surface area contributed by atoms with Crippen LogP contribution in [0.4, 0.5) is 0 Å². The zero-order valence-electron chi connectivity index (χ0n) is 10.5. The summed E-state index contributed by atoms with van der Waals surface area (Å²) in [5.41, 5.74) is 1.08. The molecule has 1 amide bonds. The van der Waals surface area contributed by atoms with Crippen LogP contribution in [-0.4, -0.2) is 53.5 Å². The lowest BCUT2D eigenvalue weighted by atomic mass is 10.3. The summed E-state index contributed by atoms with van der Waals surface area (Å²) in [6.07, 6.45) is 5.18. The molecule has 0 spiro atoms. The molecule has 1 aliphatic carbocycles. The minimum absolute atomic E-state index is 0.0237. The molecule has 0 aromatic rings. The predicted molar refractivity (Wildman–Crippen MR) is 64.5 cm³/mol. The molecule has 0 aromatic carbocycles. The van der Waals surface area contributed by atoms with Crippen molar-refractivity contribution in [2.75, 3.05) is 26.7 Å².